The van der Waals surface area contributed by atoms with E-state index in [1.807, 2.05) is 0 Å². The third kappa shape index (κ3) is 5.44. The number of aryl methyl sites for hydroxylation is 1. The van der Waals surface area contributed by atoms with Gasteiger partial charge >= 0.3 is 0 Å². The molecule has 0 aliphatic heterocycles. The largest absolute Gasteiger partial charge is 0.486 e. The summed E-state index contributed by atoms with van der Waals surface area (Å²) in [5, 5.41) is 7.55. The average molecular weight is 496 g/mol. The lowest BCUT2D eigenvalue weighted by Crippen LogP contribution is -2.13. The van der Waals surface area contributed by atoms with Crippen LogP contribution in [0, 0.1) is 19.7 Å². The molecule has 0 spiro atoms. The molecule has 2 aromatic carbocycles. The van der Waals surface area contributed by atoms with E-state index in [9.17, 15) is 14.0 Å². The second kappa shape index (κ2) is 10.1. The van der Waals surface area contributed by atoms with Gasteiger partial charge in [-0.25, -0.2) is 4.39 Å². The summed E-state index contributed by atoms with van der Waals surface area (Å²) in [6, 6.07) is 14.5. The predicted molar refractivity (Wildman–Crippen MR) is 130 cm³/mol. The molecule has 0 bridgehead atoms. The van der Waals surface area contributed by atoms with Gasteiger partial charge in [0.25, 0.3) is 5.91 Å². The summed E-state index contributed by atoms with van der Waals surface area (Å²) in [4.78, 5) is 24.2. The molecule has 0 aliphatic rings. The second-order valence-corrected chi connectivity index (χ2v) is 8.40. The molecule has 0 atom stereocenters. The number of hydrogen-bond acceptors (Lipinski definition) is 5. The summed E-state index contributed by atoms with van der Waals surface area (Å²) in [7, 11) is 0. The van der Waals surface area contributed by atoms with Gasteiger partial charge in [-0.1, -0.05) is 17.7 Å². The molecule has 180 valence electrons. The predicted octanol–water partition coefficient (Wildman–Crippen LogP) is 5.97. The van der Waals surface area contributed by atoms with Gasteiger partial charge in [-0.05, 0) is 69.3 Å². The minimum absolute atomic E-state index is 0.0229. The molecular formula is C26H23ClFN3O4. The lowest BCUT2D eigenvalue weighted by Gasteiger charge is -2.09. The van der Waals surface area contributed by atoms with E-state index in [0.29, 0.717) is 44.7 Å². The molecule has 0 aliphatic carbocycles. The smallest absolute Gasteiger partial charge is 0.291 e. The molecule has 35 heavy (non-hydrogen) atoms. The lowest BCUT2D eigenvalue weighted by molar-refractivity contribution is 0.0990. The van der Waals surface area contributed by atoms with Crippen LogP contribution in [0.3, 0.4) is 0 Å². The summed E-state index contributed by atoms with van der Waals surface area (Å²) in [5.74, 6) is 0.257. The van der Waals surface area contributed by atoms with E-state index in [1.165, 1.54) is 13.0 Å². The van der Waals surface area contributed by atoms with Gasteiger partial charge in [0, 0.05) is 16.1 Å². The van der Waals surface area contributed by atoms with Crippen LogP contribution in [0.4, 0.5) is 10.1 Å². The zero-order valence-corrected chi connectivity index (χ0v) is 20.1. The van der Waals surface area contributed by atoms with Gasteiger partial charge in [-0.3, -0.25) is 14.3 Å². The fraction of sp³-hybridized carbons (Fsp3) is 0.192. The van der Waals surface area contributed by atoms with Gasteiger partial charge in [0.1, 0.15) is 23.9 Å². The van der Waals surface area contributed by atoms with E-state index in [4.69, 9.17) is 20.8 Å². The van der Waals surface area contributed by atoms with Crippen molar-refractivity contribution in [3.8, 4) is 5.75 Å². The number of rotatable bonds is 8. The first-order valence-corrected chi connectivity index (χ1v) is 11.2. The number of nitrogens with zero attached hydrogens (tertiary/aromatic N) is 2. The quantitative estimate of drug-likeness (QED) is 0.304. The van der Waals surface area contributed by atoms with Crippen LogP contribution >= 0.6 is 11.6 Å². The number of ketones is 1. The van der Waals surface area contributed by atoms with Crippen molar-refractivity contribution >= 4 is 29.0 Å². The molecule has 1 N–H and O–H groups in total. The van der Waals surface area contributed by atoms with Crippen LogP contribution < -0.4 is 10.1 Å². The van der Waals surface area contributed by atoms with Crippen LogP contribution in [0.1, 0.15) is 50.5 Å². The summed E-state index contributed by atoms with van der Waals surface area (Å²) in [5.41, 5.74) is 2.67. The fourth-order valence-electron chi connectivity index (χ4n) is 3.56. The van der Waals surface area contributed by atoms with E-state index >= 15 is 0 Å². The number of carbonyl (C=O) groups is 2. The first kappa shape index (κ1) is 24.2. The molecular weight excluding hydrogens is 473 g/mol. The molecule has 4 rings (SSSR count). The maximum absolute atomic E-state index is 14.2. The van der Waals surface area contributed by atoms with Crippen LogP contribution in [0.5, 0.6) is 5.75 Å². The van der Waals surface area contributed by atoms with Crippen molar-refractivity contribution in [1.82, 2.24) is 9.78 Å². The molecule has 9 heteroatoms. The molecule has 0 saturated heterocycles. The molecule has 0 fully saturated rings. The minimum Gasteiger partial charge on any atom is -0.486 e. The number of amides is 1. The number of nitrogens with one attached hydrogen (secondary N) is 1. The Bertz CT molecular complexity index is 1370. The number of hydrogen-bond donors (Lipinski definition) is 1. The molecule has 4 aromatic rings. The average Bonchev–Trinajstić information content (AvgIpc) is 3.41. The Morgan fingerprint density at radius 1 is 1.11 bits per heavy atom. The first-order chi connectivity index (χ1) is 16.7. The second-order valence-electron chi connectivity index (χ2n) is 7.99. The molecule has 0 unspecified atom stereocenters. The molecule has 2 heterocycles. The van der Waals surface area contributed by atoms with Crippen molar-refractivity contribution in [2.45, 2.75) is 33.9 Å². The highest BCUT2D eigenvalue weighted by molar-refractivity contribution is 6.31. The summed E-state index contributed by atoms with van der Waals surface area (Å²) in [6.07, 6.45) is 0. The summed E-state index contributed by atoms with van der Waals surface area (Å²) >= 11 is 6.14. The number of Topliss-reactive ketones (excluding diaryl/α,β-unsaturated/α-hetero) is 1. The number of aromatic nitrogens is 2. The van der Waals surface area contributed by atoms with Crippen LogP contribution in [0.15, 0.2) is 59.0 Å². The van der Waals surface area contributed by atoms with Crippen molar-refractivity contribution in [2.75, 3.05) is 5.32 Å². The Kier molecular flexibility index (Phi) is 7.02. The van der Waals surface area contributed by atoms with E-state index in [0.717, 1.165) is 0 Å². The number of ether oxygens (including phenoxy) is 1. The Morgan fingerprint density at radius 3 is 2.54 bits per heavy atom. The van der Waals surface area contributed by atoms with Gasteiger partial charge < -0.3 is 14.5 Å². The van der Waals surface area contributed by atoms with E-state index in [1.54, 1.807) is 67.1 Å². The standard InChI is InChI=1S/C26H23ClFN3O4/c1-15-25(16(2)31(30-15)13-21-22(27)5-4-6-23(21)28)29-26(33)24-12-11-20(35-24)14-34-19-9-7-18(8-10-19)17(3)32/h4-12H,13-14H2,1-3H3,(H,29,33). The maximum Gasteiger partial charge on any atom is 0.291 e. The van der Waals surface area contributed by atoms with Crippen LogP contribution in [-0.2, 0) is 13.2 Å². The summed E-state index contributed by atoms with van der Waals surface area (Å²) < 4.78 is 27.1. The van der Waals surface area contributed by atoms with Gasteiger partial charge in [0.2, 0.25) is 0 Å². The number of halogens is 2. The van der Waals surface area contributed by atoms with Crippen LogP contribution in [0.2, 0.25) is 5.02 Å². The Hall–Kier alpha value is -3.91. The van der Waals surface area contributed by atoms with E-state index in [-0.39, 0.29) is 24.7 Å². The molecule has 1 amide bonds. The number of carbonyl (C=O) groups excluding carboxylic acids is 2. The topological polar surface area (TPSA) is 86.4 Å². The lowest BCUT2D eigenvalue weighted by atomic mass is 10.1. The SMILES string of the molecule is CC(=O)c1ccc(OCc2ccc(C(=O)Nc3c(C)nn(Cc4c(F)cccc4Cl)c3C)o2)cc1. The summed E-state index contributed by atoms with van der Waals surface area (Å²) in [6.45, 7) is 5.28. The number of furan rings is 1. The van der Waals surface area contributed by atoms with Gasteiger partial charge in [0.05, 0.1) is 23.6 Å². The monoisotopic (exact) mass is 495 g/mol. The highest BCUT2D eigenvalue weighted by Gasteiger charge is 2.19. The molecule has 0 saturated carbocycles. The molecule has 0 radical (unpaired) electrons. The van der Waals surface area contributed by atoms with Gasteiger partial charge in [-0.15, -0.1) is 0 Å². The van der Waals surface area contributed by atoms with Crippen LogP contribution in [-0.4, -0.2) is 21.5 Å². The molecule has 2 aromatic heterocycles. The van der Waals surface area contributed by atoms with Gasteiger partial charge in [-0.2, -0.15) is 5.10 Å². The van der Waals surface area contributed by atoms with Crippen LogP contribution in [0.25, 0.3) is 0 Å². The highest BCUT2D eigenvalue weighted by atomic mass is 35.5. The fourth-order valence-corrected chi connectivity index (χ4v) is 3.78. The van der Waals surface area contributed by atoms with E-state index in [2.05, 4.69) is 10.4 Å². The molecule has 7 nitrogen and oxygen atoms in total. The minimum atomic E-state index is -0.447. The van der Waals surface area contributed by atoms with Crippen molar-refractivity contribution in [3.63, 3.8) is 0 Å². The Labute approximate surface area is 206 Å². The highest BCUT2D eigenvalue weighted by Crippen LogP contribution is 2.25. The number of benzene rings is 2. The normalized spacial score (nSPS) is 10.9. The van der Waals surface area contributed by atoms with Crippen molar-refractivity contribution < 1.29 is 23.1 Å². The van der Waals surface area contributed by atoms with E-state index < -0.39 is 11.7 Å². The maximum atomic E-state index is 14.2. The third-order valence-electron chi connectivity index (χ3n) is 5.52. The number of anilines is 1. The van der Waals surface area contributed by atoms with Crippen molar-refractivity contribution in [3.05, 3.63) is 99.5 Å². The zero-order valence-electron chi connectivity index (χ0n) is 19.4. The van der Waals surface area contributed by atoms with Crippen molar-refractivity contribution in [1.29, 1.82) is 0 Å². The van der Waals surface area contributed by atoms with Crippen molar-refractivity contribution in [2.24, 2.45) is 0 Å². The Balaban J connectivity index is 1.42. The van der Waals surface area contributed by atoms with Gasteiger partial charge in [0.15, 0.2) is 11.5 Å². The third-order valence-corrected chi connectivity index (χ3v) is 5.87. The first-order valence-electron chi connectivity index (χ1n) is 10.8. The zero-order chi connectivity index (χ0) is 25.1. The Morgan fingerprint density at radius 2 is 1.86 bits per heavy atom.